The Balaban J connectivity index is 3.84. The lowest BCUT2D eigenvalue weighted by molar-refractivity contribution is 0.0591. The van der Waals surface area contributed by atoms with Crippen LogP contribution in [-0.4, -0.2) is 19.0 Å². The third kappa shape index (κ3) is 3.48. The lowest BCUT2D eigenvalue weighted by Gasteiger charge is -2.29. The van der Waals surface area contributed by atoms with Gasteiger partial charge in [0, 0.05) is 12.0 Å². The third-order valence-electron chi connectivity index (χ3n) is 2.45. The van der Waals surface area contributed by atoms with E-state index in [2.05, 4.69) is 26.5 Å². The topological polar surface area (TPSA) is 9.23 Å². The lowest BCUT2D eigenvalue weighted by atomic mass is 9.85. The van der Waals surface area contributed by atoms with Crippen molar-refractivity contribution >= 4 is 12.6 Å². The molecule has 0 aliphatic carbocycles. The zero-order chi connectivity index (χ0) is 8.74. The third-order valence-corrected chi connectivity index (χ3v) is 3.12. The van der Waals surface area contributed by atoms with E-state index < -0.39 is 0 Å². The molecule has 0 atom stereocenters. The molecule has 0 fully saturated rings. The smallest absolute Gasteiger partial charge is 0.0529 e. The fourth-order valence-corrected chi connectivity index (χ4v) is 1.58. The van der Waals surface area contributed by atoms with Gasteiger partial charge in [-0.15, -0.1) is 0 Å². The normalized spacial score (nSPS) is 12.0. The molecule has 0 aromatic rings. The first-order chi connectivity index (χ1) is 5.24. The van der Waals surface area contributed by atoms with Crippen molar-refractivity contribution in [3.05, 3.63) is 0 Å². The number of ether oxygens (including phenoxy) is 1. The Labute approximate surface area is 75.9 Å². The molecule has 0 unspecified atom stereocenters. The maximum absolute atomic E-state index is 5.42. The number of rotatable bonds is 6. The number of hydrogen-bond donors (Lipinski definition) is 1. The molecule has 0 saturated carbocycles. The highest BCUT2D eigenvalue weighted by Crippen LogP contribution is 2.27. The van der Waals surface area contributed by atoms with E-state index in [4.69, 9.17) is 4.74 Å². The molecule has 0 heterocycles. The SMILES string of the molecule is CCOCC(CC)(CC)CS. The monoisotopic (exact) mass is 176 g/mol. The van der Waals surface area contributed by atoms with Crippen molar-refractivity contribution in [2.75, 3.05) is 19.0 Å². The lowest BCUT2D eigenvalue weighted by Crippen LogP contribution is -2.27. The van der Waals surface area contributed by atoms with Crippen molar-refractivity contribution in [1.82, 2.24) is 0 Å². The highest BCUT2D eigenvalue weighted by molar-refractivity contribution is 7.80. The van der Waals surface area contributed by atoms with E-state index in [9.17, 15) is 0 Å². The van der Waals surface area contributed by atoms with Crippen LogP contribution >= 0.6 is 12.6 Å². The predicted molar refractivity (Wildman–Crippen MR) is 53.4 cm³/mol. The minimum absolute atomic E-state index is 0.319. The maximum atomic E-state index is 5.42. The molecule has 2 heteroatoms. The molecule has 0 spiro atoms. The van der Waals surface area contributed by atoms with E-state index in [0.29, 0.717) is 5.41 Å². The van der Waals surface area contributed by atoms with E-state index in [-0.39, 0.29) is 0 Å². The Hall–Kier alpha value is 0.310. The maximum Gasteiger partial charge on any atom is 0.0529 e. The van der Waals surface area contributed by atoms with Crippen LogP contribution in [-0.2, 0) is 4.74 Å². The summed E-state index contributed by atoms with van der Waals surface area (Å²) in [6, 6.07) is 0. The molecule has 0 aliphatic heterocycles. The molecular weight excluding hydrogens is 156 g/mol. The molecule has 0 rings (SSSR count). The Morgan fingerprint density at radius 2 is 1.73 bits per heavy atom. The molecule has 0 N–H and O–H groups in total. The second-order valence-corrected chi connectivity index (χ2v) is 3.32. The summed E-state index contributed by atoms with van der Waals surface area (Å²) in [6.07, 6.45) is 2.32. The molecule has 0 aromatic heterocycles. The Morgan fingerprint density at radius 1 is 1.18 bits per heavy atom. The molecule has 11 heavy (non-hydrogen) atoms. The van der Waals surface area contributed by atoms with Crippen LogP contribution in [0.15, 0.2) is 0 Å². The fraction of sp³-hybridized carbons (Fsp3) is 1.00. The van der Waals surface area contributed by atoms with E-state index in [1.807, 2.05) is 6.92 Å². The first-order valence-electron chi connectivity index (χ1n) is 4.43. The summed E-state index contributed by atoms with van der Waals surface area (Å²) in [5.41, 5.74) is 0.319. The minimum Gasteiger partial charge on any atom is -0.381 e. The summed E-state index contributed by atoms with van der Waals surface area (Å²) in [5, 5.41) is 0. The van der Waals surface area contributed by atoms with Crippen molar-refractivity contribution in [2.24, 2.45) is 5.41 Å². The van der Waals surface area contributed by atoms with Gasteiger partial charge in [-0.25, -0.2) is 0 Å². The summed E-state index contributed by atoms with van der Waals surface area (Å²) in [7, 11) is 0. The van der Waals surface area contributed by atoms with E-state index in [1.165, 1.54) is 0 Å². The molecule has 0 saturated heterocycles. The molecular formula is C9H20OS. The van der Waals surface area contributed by atoms with Gasteiger partial charge in [0.25, 0.3) is 0 Å². The van der Waals surface area contributed by atoms with Gasteiger partial charge in [-0.05, 0) is 25.5 Å². The van der Waals surface area contributed by atoms with Gasteiger partial charge in [0.2, 0.25) is 0 Å². The fourth-order valence-electron chi connectivity index (χ4n) is 1.04. The molecule has 1 nitrogen and oxygen atoms in total. The highest BCUT2D eigenvalue weighted by Gasteiger charge is 2.24. The second-order valence-electron chi connectivity index (χ2n) is 3.00. The van der Waals surface area contributed by atoms with E-state index in [0.717, 1.165) is 31.8 Å². The van der Waals surface area contributed by atoms with Crippen LogP contribution in [0.4, 0.5) is 0 Å². The van der Waals surface area contributed by atoms with Gasteiger partial charge in [0.1, 0.15) is 0 Å². The van der Waals surface area contributed by atoms with Gasteiger partial charge in [-0.3, -0.25) is 0 Å². The van der Waals surface area contributed by atoms with Gasteiger partial charge in [0.15, 0.2) is 0 Å². The van der Waals surface area contributed by atoms with Gasteiger partial charge < -0.3 is 4.74 Å². The standard InChI is InChI=1S/C9H20OS/c1-4-9(5-2,8-11)7-10-6-3/h11H,4-8H2,1-3H3. The average molecular weight is 176 g/mol. The van der Waals surface area contributed by atoms with Gasteiger partial charge >= 0.3 is 0 Å². The predicted octanol–water partition coefficient (Wildman–Crippen LogP) is 2.76. The number of hydrogen-bond acceptors (Lipinski definition) is 2. The summed E-state index contributed by atoms with van der Waals surface area (Å²) < 4.78 is 5.42. The Morgan fingerprint density at radius 3 is 2.00 bits per heavy atom. The van der Waals surface area contributed by atoms with Crippen LogP contribution in [0.25, 0.3) is 0 Å². The van der Waals surface area contributed by atoms with Gasteiger partial charge in [0.05, 0.1) is 6.61 Å². The van der Waals surface area contributed by atoms with E-state index >= 15 is 0 Å². The minimum atomic E-state index is 0.319. The molecule has 0 bridgehead atoms. The van der Waals surface area contributed by atoms with Crippen molar-refractivity contribution in [3.8, 4) is 0 Å². The van der Waals surface area contributed by atoms with Crippen LogP contribution in [0.1, 0.15) is 33.6 Å². The largest absolute Gasteiger partial charge is 0.381 e. The summed E-state index contributed by atoms with van der Waals surface area (Å²) in [5.74, 6) is 0.931. The van der Waals surface area contributed by atoms with Crippen molar-refractivity contribution in [2.45, 2.75) is 33.6 Å². The Kier molecular flexibility index (Phi) is 6.06. The van der Waals surface area contributed by atoms with E-state index in [1.54, 1.807) is 0 Å². The molecule has 0 aliphatic rings. The summed E-state index contributed by atoms with van der Waals surface area (Å²) >= 11 is 4.35. The summed E-state index contributed by atoms with van der Waals surface area (Å²) in [6.45, 7) is 8.13. The van der Waals surface area contributed by atoms with Crippen molar-refractivity contribution in [3.63, 3.8) is 0 Å². The Bertz CT molecular complexity index is 81.3. The van der Waals surface area contributed by atoms with Crippen molar-refractivity contribution < 1.29 is 4.74 Å². The molecule has 0 radical (unpaired) electrons. The average Bonchev–Trinajstić information content (AvgIpc) is 2.08. The van der Waals surface area contributed by atoms with Crippen LogP contribution in [0.2, 0.25) is 0 Å². The summed E-state index contributed by atoms with van der Waals surface area (Å²) in [4.78, 5) is 0. The van der Waals surface area contributed by atoms with Crippen molar-refractivity contribution in [1.29, 1.82) is 0 Å². The zero-order valence-electron chi connectivity index (χ0n) is 7.89. The second kappa shape index (κ2) is 5.90. The van der Waals surface area contributed by atoms with Crippen LogP contribution in [0.5, 0.6) is 0 Å². The van der Waals surface area contributed by atoms with Crippen LogP contribution < -0.4 is 0 Å². The first kappa shape index (κ1) is 11.3. The van der Waals surface area contributed by atoms with Crippen LogP contribution in [0.3, 0.4) is 0 Å². The highest BCUT2D eigenvalue weighted by atomic mass is 32.1. The zero-order valence-corrected chi connectivity index (χ0v) is 8.79. The van der Waals surface area contributed by atoms with Crippen LogP contribution in [0, 0.1) is 5.41 Å². The molecule has 68 valence electrons. The quantitative estimate of drug-likeness (QED) is 0.612. The molecule has 0 amide bonds. The van der Waals surface area contributed by atoms with Gasteiger partial charge in [-0.1, -0.05) is 13.8 Å². The first-order valence-corrected chi connectivity index (χ1v) is 5.06. The number of thiol groups is 1. The molecule has 0 aromatic carbocycles. The van der Waals surface area contributed by atoms with Gasteiger partial charge in [-0.2, -0.15) is 12.6 Å².